The summed E-state index contributed by atoms with van der Waals surface area (Å²) in [6.45, 7) is 8.34. The second-order valence-corrected chi connectivity index (χ2v) is 5.45. The maximum absolute atomic E-state index is 8.99. The van der Waals surface area contributed by atoms with E-state index in [2.05, 4.69) is 25.8 Å². The molecule has 1 aromatic heterocycles. The molecule has 0 spiro atoms. The second kappa shape index (κ2) is 6.87. The van der Waals surface area contributed by atoms with Crippen LogP contribution in [0.4, 0.5) is 0 Å². The van der Waals surface area contributed by atoms with Crippen molar-refractivity contribution < 1.29 is 14.6 Å². The Morgan fingerprint density at radius 1 is 1.22 bits per heavy atom. The van der Waals surface area contributed by atoms with Gasteiger partial charge in [0.05, 0.1) is 19.3 Å². The number of hydrogen-bond acceptors (Lipinski definition) is 5. The van der Waals surface area contributed by atoms with Crippen LogP contribution in [0.1, 0.15) is 38.8 Å². The highest BCUT2D eigenvalue weighted by molar-refractivity contribution is 5.05. The summed E-state index contributed by atoms with van der Waals surface area (Å²) in [4.78, 5) is 6.28. The summed E-state index contributed by atoms with van der Waals surface area (Å²) in [5.41, 5.74) is -0.0435. The van der Waals surface area contributed by atoms with E-state index in [9.17, 15) is 0 Å². The van der Waals surface area contributed by atoms with Crippen LogP contribution < -0.4 is 0 Å². The van der Waals surface area contributed by atoms with Crippen molar-refractivity contribution in [2.75, 3.05) is 26.3 Å². The number of aliphatic hydroxyl groups excluding tert-OH is 2. The third-order valence-corrected chi connectivity index (χ3v) is 2.70. The smallest absolute Gasteiger partial charge is 0.208 e. The molecule has 0 saturated heterocycles. The summed E-state index contributed by atoms with van der Waals surface area (Å²) in [7, 11) is 0. The Kier molecular flexibility index (Phi) is 5.78. The van der Waals surface area contributed by atoms with Gasteiger partial charge in [-0.1, -0.05) is 20.8 Å². The van der Waals surface area contributed by atoms with E-state index in [1.54, 1.807) is 6.20 Å². The zero-order chi connectivity index (χ0) is 13.6. The number of nitrogens with zero attached hydrogens (tertiary/aromatic N) is 2. The highest BCUT2D eigenvalue weighted by atomic mass is 16.4. The van der Waals surface area contributed by atoms with Crippen molar-refractivity contribution in [1.29, 1.82) is 0 Å². The van der Waals surface area contributed by atoms with Crippen molar-refractivity contribution in [3.63, 3.8) is 0 Å². The third kappa shape index (κ3) is 4.76. The van der Waals surface area contributed by atoms with Crippen LogP contribution in [0.25, 0.3) is 0 Å². The lowest BCUT2D eigenvalue weighted by atomic mass is 9.94. The van der Waals surface area contributed by atoms with Crippen LogP contribution in [0.15, 0.2) is 10.6 Å². The van der Waals surface area contributed by atoms with Gasteiger partial charge in [0.15, 0.2) is 0 Å². The Morgan fingerprint density at radius 3 is 2.44 bits per heavy atom. The maximum Gasteiger partial charge on any atom is 0.208 e. The average Bonchev–Trinajstić information content (AvgIpc) is 2.74. The molecular formula is C13H24N2O3. The summed E-state index contributed by atoms with van der Waals surface area (Å²) < 4.78 is 5.71. The highest BCUT2D eigenvalue weighted by Gasteiger charge is 2.19. The van der Waals surface area contributed by atoms with E-state index in [-0.39, 0.29) is 18.6 Å². The Labute approximate surface area is 108 Å². The molecule has 5 nitrogen and oxygen atoms in total. The topological polar surface area (TPSA) is 69.7 Å². The first kappa shape index (κ1) is 15.1. The van der Waals surface area contributed by atoms with E-state index in [1.165, 1.54) is 0 Å². The van der Waals surface area contributed by atoms with E-state index < -0.39 is 0 Å². The van der Waals surface area contributed by atoms with Gasteiger partial charge in [0.1, 0.15) is 5.76 Å². The summed E-state index contributed by atoms with van der Waals surface area (Å²) >= 11 is 0. The molecule has 0 atom stereocenters. The van der Waals surface area contributed by atoms with Crippen LogP contribution in [0.2, 0.25) is 0 Å². The maximum atomic E-state index is 8.99. The van der Waals surface area contributed by atoms with Crippen molar-refractivity contribution >= 4 is 0 Å². The van der Waals surface area contributed by atoms with Crippen molar-refractivity contribution in [2.45, 2.75) is 39.2 Å². The van der Waals surface area contributed by atoms with E-state index in [0.717, 1.165) is 12.3 Å². The van der Waals surface area contributed by atoms with Gasteiger partial charge < -0.3 is 14.6 Å². The van der Waals surface area contributed by atoms with Crippen LogP contribution in [-0.2, 0) is 12.0 Å². The highest BCUT2D eigenvalue weighted by Crippen LogP contribution is 2.23. The van der Waals surface area contributed by atoms with Gasteiger partial charge in [-0.3, -0.25) is 4.90 Å². The standard InChI is InChI=1S/C13H24N2O3/c1-13(2,3)11-9-14-12(18-11)10-15(6-8-17)5-4-7-16/h9,16-17H,4-8,10H2,1-3H3. The lowest BCUT2D eigenvalue weighted by Gasteiger charge is -2.19. The molecule has 0 amide bonds. The zero-order valence-electron chi connectivity index (χ0n) is 11.5. The Hall–Kier alpha value is -0.910. The minimum atomic E-state index is -0.0435. The first-order valence-electron chi connectivity index (χ1n) is 6.36. The number of oxazole rings is 1. The summed E-state index contributed by atoms with van der Waals surface area (Å²) in [6, 6.07) is 0. The average molecular weight is 256 g/mol. The van der Waals surface area contributed by atoms with E-state index in [1.807, 2.05) is 4.90 Å². The lowest BCUT2D eigenvalue weighted by Crippen LogP contribution is -2.28. The van der Waals surface area contributed by atoms with Crippen molar-refractivity contribution in [3.05, 3.63) is 17.8 Å². The predicted octanol–water partition coefficient (Wildman–Crippen LogP) is 1.15. The Bertz CT molecular complexity index is 344. The first-order chi connectivity index (χ1) is 8.47. The molecule has 0 bridgehead atoms. The minimum absolute atomic E-state index is 0.0435. The molecule has 18 heavy (non-hydrogen) atoms. The molecule has 1 rings (SSSR count). The van der Waals surface area contributed by atoms with Crippen LogP contribution in [0.5, 0.6) is 0 Å². The van der Waals surface area contributed by atoms with Gasteiger partial charge in [0, 0.05) is 25.1 Å². The Morgan fingerprint density at radius 2 is 1.94 bits per heavy atom. The molecule has 0 fully saturated rings. The molecule has 2 N–H and O–H groups in total. The quantitative estimate of drug-likeness (QED) is 0.766. The molecule has 1 heterocycles. The van der Waals surface area contributed by atoms with E-state index in [4.69, 9.17) is 14.6 Å². The molecule has 0 aromatic carbocycles. The zero-order valence-corrected chi connectivity index (χ0v) is 11.5. The molecule has 1 aromatic rings. The third-order valence-electron chi connectivity index (χ3n) is 2.70. The van der Waals surface area contributed by atoms with Gasteiger partial charge in [-0.2, -0.15) is 0 Å². The molecule has 0 aliphatic heterocycles. The van der Waals surface area contributed by atoms with Crippen molar-refractivity contribution in [3.8, 4) is 0 Å². The Balaban J connectivity index is 2.60. The van der Waals surface area contributed by atoms with Gasteiger partial charge in [0.25, 0.3) is 0 Å². The number of hydrogen-bond donors (Lipinski definition) is 2. The summed E-state index contributed by atoms with van der Waals surface area (Å²) in [6.07, 6.45) is 2.45. The predicted molar refractivity (Wildman–Crippen MR) is 69.3 cm³/mol. The summed E-state index contributed by atoms with van der Waals surface area (Å²) in [5.74, 6) is 1.52. The fourth-order valence-corrected chi connectivity index (χ4v) is 1.63. The van der Waals surface area contributed by atoms with Crippen molar-refractivity contribution in [2.24, 2.45) is 0 Å². The van der Waals surface area contributed by atoms with Crippen LogP contribution >= 0.6 is 0 Å². The van der Waals surface area contributed by atoms with Gasteiger partial charge in [0.2, 0.25) is 5.89 Å². The first-order valence-corrected chi connectivity index (χ1v) is 6.36. The van der Waals surface area contributed by atoms with Crippen LogP contribution in [0.3, 0.4) is 0 Å². The molecule has 104 valence electrons. The SMILES string of the molecule is CC(C)(C)c1cnc(CN(CCO)CCCO)o1. The monoisotopic (exact) mass is 256 g/mol. The van der Waals surface area contributed by atoms with E-state index >= 15 is 0 Å². The second-order valence-electron chi connectivity index (χ2n) is 5.45. The number of aliphatic hydroxyl groups is 2. The van der Waals surface area contributed by atoms with Gasteiger partial charge in [-0.25, -0.2) is 4.98 Å². The fraction of sp³-hybridized carbons (Fsp3) is 0.769. The molecular weight excluding hydrogens is 232 g/mol. The summed E-state index contributed by atoms with van der Waals surface area (Å²) in [5, 5.41) is 17.8. The fourth-order valence-electron chi connectivity index (χ4n) is 1.63. The van der Waals surface area contributed by atoms with Crippen LogP contribution in [-0.4, -0.2) is 46.4 Å². The molecule has 0 unspecified atom stereocenters. The minimum Gasteiger partial charge on any atom is -0.444 e. The molecule has 5 heteroatoms. The van der Waals surface area contributed by atoms with E-state index in [0.29, 0.717) is 25.4 Å². The lowest BCUT2D eigenvalue weighted by molar-refractivity contribution is 0.162. The van der Waals surface area contributed by atoms with Crippen molar-refractivity contribution in [1.82, 2.24) is 9.88 Å². The normalized spacial score (nSPS) is 12.3. The van der Waals surface area contributed by atoms with Gasteiger partial charge in [-0.05, 0) is 6.42 Å². The van der Waals surface area contributed by atoms with Gasteiger partial charge >= 0.3 is 0 Å². The number of aromatic nitrogens is 1. The van der Waals surface area contributed by atoms with Gasteiger partial charge in [-0.15, -0.1) is 0 Å². The molecule has 0 saturated carbocycles. The number of rotatable bonds is 7. The molecule has 0 aliphatic carbocycles. The largest absolute Gasteiger partial charge is 0.444 e. The van der Waals surface area contributed by atoms with Crippen LogP contribution in [0, 0.1) is 0 Å². The molecule has 0 aliphatic rings. The molecule has 0 radical (unpaired) electrons.